The number of nitrogens with zero attached hydrogens (tertiary/aromatic N) is 2. The average molecular weight is 395 g/mol. The van der Waals surface area contributed by atoms with E-state index in [2.05, 4.69) is 0 Å². The third-order valence-electron chi connectivity index (χ3n) is 4.01. The van der Waals surface area contributed by atoms with Crippen LogP contribution in [0.5, 0.6) is 0 Å². The number of rotatable bonds is 7. The maximum atomic E-state index is 13.0. The minimum Gasteiger partial charge on any atom is -0.340 e. The first-order valence-corrected chi connectivity index (χ1v) is 10.5. The molecule has 140 valence electrons. The molecule has 0 saturated carbocycles. The summed E-state index contributed by atoms with van der Waals surface area (Å²) in [5.41, 5.74) is 1.36. The molecule has 0 aromatic heterocycles. The molecule has 1 atom stereocenters. The molecule has 2 aromatic carbocycles. The van der Waals surface area contributed by atoms with Gasteiger partial charge in [-0.1, -0.05) is 54.9 Å². The number of likely N-dealkylation sites (N-methyl/N-ethyl adjacent to an activating group) is 1. The summed E-state index contributed by atoms with van der Waals surface area (Å²) in [4.78, 5) is 14.6. The van der Waals surface area contributed by atoms with Crippen LogP contribution in [-0.4, -0.2) is 38.6 Å². The van der Waals surface area contributed by atoms with Crippen molar-refractivity contribution in [3.63, 3.8) is 0 Å². The summed E-state index contributed by atoms with van der Waals surface area (Å²) >= 11 is 6.02. The number of hydrogen-bond acceptors (Lipinski definition) is 3. The second-order valence-corrected chi connectivity index (χ2v) is 8.44. The van der Waals surface area contributed by atoms with Gasteiger partial charge in [-0.05, 0) is 30.2 Å². The molecule has 2 rings (SSSR count). The second kappa shape index (κ2) is 8.56. The number of sulfonamides is 1. The molecule has 0 aliphatic heterocycles. The van der Waals surface area contributed by atoms with Crippen LogP contribution >= 0.6 is 11.6 Å². The van der Waals surface area contributed by atoms with E-state index in [0.29, 0.717) is 23.7 Å². The van der Waals surface area contributed by atoms with Crippen molar-refractivity contribution in [2.45, 2.75) is 25.9 Å². The van der Waals surface area contributed by atoms with Crippen molar-refractivity contribution in [1.82, 2.24) is 4.90 Å². The zero-order valence-corrected chi connectivity index (χ0v) is 16.7. The van der Waals surface area contributed by atoms with E-state index >= 15 is 0 Å². The minimum atomic E-state index is -3.67. The molecular formula is C19H23ClN2O3S. The van der Waals surface area contributed by atoms with Crippen LogP contribution in [0.25, 0.3) is 0 Å². The summed E-state index contributed by atoms with van der Waals surface area (Å²) in [6.45, 7) is 2.20. The Morgan fingerprint density at radius 1 is 1.12 bits per heavy atom. The van der Waals surface area contributed by atoms with Gasteiger partial charge < -0.3 is 4.90 Å². The molecule has 0 bridgehead atoms. The number of carbonyl (C=O) groups is 1. The molecule has 0 radical (unpaired) electrons. The molecule has 1 amide bonds. The van der Waals surface area contributed by atoms with E-state index in [-0.39, 0.29) is 5.91 Å². The van der Waals surface area contributed by atoms with Crippen molar-refractivity contribution >= 4 is 33.2 Å². The molecule has 0 heterocycles. The predicted octanol–water partition coefficient (Wildman–Crippen LogP) is 3.54. The van der Waals surface area contributed by atoms with Crippen molar-refractivity contribution in [2.75, 3.05) is 17.6 Å². The van der Waals surface area contributed by atoms with Gasteiger partial charge in [0.1, 0.15) is 6.04 Å². The van der Waals surface area contributed by atoms with Crippen LogP contribution in [0.2, 0.25) is 5.02 Å². The summed E-state index contributed by atoms with van der Waals surface area (Å²) in [7, 11) is -1.99. The molecule has 0 aliphatic rings. The Hall–Kier alpha value is -2.05. The maximum Gasteiger partial charge on any atom is 0.246 e. The van der Waals surface area contributed by atoms with Gasteiger partial charge in [-0.2, -0.15) is 0 Å². The molecule has 2 aromatic rings. The van der Waals surface area contributed by atoms with Crippen LogP contribution in [0.1, 0.15) is 18.9 Å². The highest BCUT2D eigenvalue weighted by Crippen LogP contribution is 2.26. The molecule has 0 fully saturated rings. The summed E-state index contributed by atoms with van der Waals surface area (Å²) in [6, 6.07) is 15.2. The van der Waals surface area contributed by atoms with Crippen molar-refractivity contribution in [1.29, 1.82) is 0 Å². The largest absolute Gasteiger partial charge is 0.340 e. The van der Waals surface area contributed by atoms with Crippen LogP contribution < -0.4 is 4.31 Å². The van der Waals surface area contributed by atoms with Crippen LogP contribution in [0.4, 0.5) is 5.69 Å². The number of halogens is 1. The summed E-state index contributed by atoms with van der Waals surface area (Å²) < 4.78 is 26.0. The summed E-state index contributed by atoms with van der Waals surface area (Å²) in [5, 5.41) is 0.413. The Labute approximate surface area is 160 Å². The van der Waals surface area contributed by atoms with Gasteiger partial charge in [0, 0.05) is 18.6 Å². The average Bonchev–Trinajstić information content (AvgIpc) is 2.58. The van der Waals surface area contributed by atoms with E-state index in [1.807, 2.05) is 30.3 Å². The van der Waals surface area contributed by atoms with E-state index in [0.717, 1.165) is 16.1 Å². The number of carbonyl (C=O) groups excluding carboxylic acids is 1. The van der Waals surface area contributed by atoms with Gasteiger partial charge in [-0.3, -0.25) is 9.10 Å². The van der Waals surface area contributed by atoms with Crippen LogP contribution in [0.3, 0.4) is 0 Å². The number of benzene rings is 2. The maximum absolute atomic E-state index is 13.0. The predicted molar refractivity (Wildman–Crippen MR) is 106 cm³/mol. The molecule has 0 saturated heterocycles. The molecular weight excluding hydrogens is 372 g/mol. The standard InChI is InChI=1S/C19H23ClN2O3S/c1-4-18(19(23)21(2)14-15-9-6-5-7-10-15)22(26(3,24)25)17-12-8-11-16(20)13-17/h5-13,18H,4,14H2,1-3H3/t18-/m0/s1. The Kier molecular flexibility index (Phi) is 6.67. The number of hydrogen-bond donors (Lipinski definition) is 0. The highest BCUT2D eigenvalue weighted by atomic mass is 35.5. The lowest BCUT2D eigenvalue weighted by Crippen LogP contribution is -2.49. The van der Waals surface area contributed by atoms with Crippen molar-refractivity contribution in [3.05, 3.63) is 65.2 Å². The third-order valence-corrected chi connectivity index (χ3v) is 5.43. The van der Waals surface area contributed by atoms with Gasteiger partial charge in [0.2, 0.25) is 15.9 Å². The lowest BCUT2D eigenvalue weighted by molar-refractivity contribution is -0.131. The van der Waals surface area contributed by atoms with Crippen LogP contribution in [-0.2, 0) is 21.4 Å². The fourth-order valence-corrected chi connectivity index (χ4v) is 4.23. The van der Waals surface area contributed by atoms with Crippen molar-refractivity contribution in [3.8, 4) is 0 Å². The van der Waals surface area contributed by atoms with E-state index in [1.165, 1.54) is 0 Å². The van der Waals surface area contributed by atoms with Gasteiger partial charge in [-0.25, -0.2) is 8.42 Å². The Morgan fingerprint density at radius 2 is 1.77 bits per heavy atom. The SMILES string of the molecule is CC[C@@H](C(=O)N(C)Cc1ccccc1)N(c1cccc(Cl)c1)S(C)(=O)=O. The van der Waals surface area contributed by atoms with E-state index < -0.39 is 16.1 Å². The first-order valence-electron chi connectivity index (χ1n) is 8.28. The van der Waals surface area contributed by atoms with Crippen LogP contribution in [0, 0.1) is 0 Å². The van der Waals surface area contributed by atoms with Gasteiger partial charge in [-0.15, -0.1) is 0 Å². The molecule has 5 nitrogen and oxygen atoms in total. The first-order chi connectivity index (χ1) is 12.2. The quantitative estimate of drug-likeness (QED) is 0.721. The zero-order valence-electron chi connectivity index (χ0n) is 15.1. The van der Waals surface area contributed by atoms with Gasteiger partial charge >= 0.3 is 0 Å². The molecule has 26 heavy (non-hydrogen) atoms. The van der Waals surface area contributed by atoms with E-state index in [4.69, 9.17) is 11.6 Å². The Balaban J connectivity index is 2.33. The Bertz CT molecular complexity index is 856. The van der Waals surface area contributed by atoms with E-state index in [1.54, 1.807) is 43.1 Å². The topological polar surface area (TPSA) is 57.7 Å². The molecule has 0 spiro atoms. The minimum absolute atomic E-state index is 0.262. The number of anilines is 1. The van der Waals surface area contributed by atoms with Crippen molar-refractivity contribution < 1.29 is 13.2 Å². The normalized spacial score (nSPS) is 12.5. The first kappa shape index (κ1) is 20.3. The summed E-state index contributed by atoms with van der Waals surface area (Å²) in [5.74, 6) is -0.262. The Morgan fingerprint density at radius 3 is 2.31 bits per heavy atom. The highest BCUT2D eigenvalue weighted by molar-refractivity contribution is 7.92. The summed E-state index contributed by atoms with van der Waals surface area (Å²) in [6.07, 6.45) is 1.44. The lowest BCUT2D eigenvalue weighted by atomic mass is 10.1. The van der Waals surface area contributed by atoms with Gasteiger partial charge in [0.05, 0.1) is 11.9 Å². The lowest BCUT2D eigenvalue weighted by Gasteiger charge is -2.33. The van der Waals surface area contributed by atoms with E-state index in [9.17, 15) is 13.2 Å². The molecule has 0 aliphatic carbocycles. The molecule has 0 N–H and O–H groups in total. The molecule has 7 heteroatoms. The number of amides is 1. The zero-order chi connectivity index (χ0) is 19.3. The third kappa shape index (κ3) is 4.99. The van der Waals surface area contributed by atoms with Crippen LogP contribution in [0.15, 0.2) is 54.6 Å². The highest BCUT2D eigenvalue weighted by Gasteiger charge is 2.33. The molecule has 0 unspecified atom stereocenters. The van der Waals surface area contributed by atoms with Gasteiger partial charge in [0.25, 0.3) is 0 Å². The fourth-order valence-electron chi connectivity index (χ4n) is 2.85. The smallest absolute Gasteiger partial charge is 0.246 e. The second-order valence-electron chi connectivity index (χ2n) is 6.14. The van der Waals surface area contributed by atoms with Crippen molar-refractivity contribution in [2.24, 2.45) is 0 Å². The monoisotopic (exact) mass is 394 g/mol. The van der Waals surface area contributed by atoms with Gasteiger partial charge in [0.15, 0.2) is 0 Å². The fraction of sp³-hybridized carbons (Fsp3) is 0.316.